The van der Waals surface area contributed by atoms with Crippen molar-refractivity contribution in [2.24, 2.45) is 0 Å². The number of nitrogens with zero attached hydrogens (tertiary/aromatic N) is 3. The summed E-state index contributed by atoms with van der Waals surface area (Å²) in [5, 5.41) is 9.91. The van der Waals surface area contributed by atoms with Crippen LogP contribution in [0.2, 0.25) is 5.15 Å². The topological polar surface area (TPSA) is 38.7 Å². The molecule has 0 bridgehead atoms. The van der Waals surface area contributed by atoms with Crippen LogP contribution in [0.1, 0.15) is 0 Å². The normalized spacial score (nSPS) is 10.1. The first-order chi connectivity index (χ1) is 5.86. The van der Waals surface area contributed by atoms with Gasteiger partial charge in [0.2, 0.25) is 0 Å². The highest BCUT2D eigenvalue weighted by atomic mass is 35.5. The minimum Gasteiger partial charge on any atom is -0.243 e. The van der Waals surface area contributed by atoms with Gasteiger partial charge in [0.25, 0.3) is 0 Å². The van der Waals surface area contributed by atoms with Crippen LogP contribution in [0.25, 0.3) is 11.4 Å². The lowest BCUT2D eigenvalue weighted by Crippen LogP contribution is -1.86. The zero-order valence-electron chi connectivity index (χ0n) is 5.94. The van der Waals surface area contributed by atoms with E-state index in [9.17, 15) is 0 Å². The molecule has 0 saturated carbocycles. The van der Waals surface area contributed by atoms with Crippen molar-refractivity contribution in [3.8, 4) is 11.4 Å². The summed E-state index contributed by atoms with van der Waals surface area (Å²) in [4.78, 5) is 4.09. The van der Waals surface area contributed by atoms with Crippen molar-refractivity contribution >= 4 is 22.9 Å². The Balaban J connectivity index is 2.43. The minimum absolute atomic E-state index is 0.397. The smallest absolute Gasteiger partial charge is 0.151 e. The van der Waals surface area contributed by atoms with Gasteiger partial charge in [-0.05, 0) is 12.1 Å². The number of hydrogen-bond acceptors (Lipinski definition) is 4. The molecule has 0 aliphatic heterocycles. The molecule has 0 N–H and O–H groups in total. The minimum atomic E-state index is 0.397. The van der Waals surface area contributed by atoms with Crippen LogP contribution in [0.4, 0.5) is 0 Å². The highest BCUT2D eigenvalue weighted by Crippen LogP contribution is 2.16. The third-order valence-electron chi connectivity index (χ3n) is 1.33. The zero-order chi connectivity index (χ0) is 8.39. The van der Waals surface area contributed by atoms with Crippen molar-refractivity contribution in [2.45, 2.75) is 0 Å². The average Bonchev–Trinajstić information content (AvgIpc) is 2.58. The molecule has 2 rings (SSSR count). The first kappa shape index (κ1) is 7.64. The van der Waals surface area contributed by atoms with E-state index in [1.54, 1.807) is 17.6 Å². The third kappa shape index (κ3) is 1.44. The van der Waals surface area contributed by atoms with Gasteiger partial charge in [0.05, 0.1) is 5.51 Å². The summed E-state index contributed by atoms with van der Waals surface area (Å²) >= 11 is 7.11. The second-order valence-corrected chi connectivity index (χ2v) is 3.22. The van der Waals surface area contributed by atoms with Gasteiger partial charge >= 0.3 is 0 Å². The molecular formula is C7H4ClN3S. The van der Waals surface area contributed by atoms with Crippen molar-refractivity contribution in [2.75, 3.05) is 0 Å². The second-order valence-electron chi connectivity index (χ2n) is 2.11. The van der Waals surface area contributed by atoms with Gasteiger partial charge in [-0.15, -0.1) is 21.5 Å². The Morgan fingerprint density at radius 2 is 2.08 bits per heavy atom. The van der Waals surface area contributed by atoms with Crippen LogP contribution < -0.4 is 0 Å². The monoisotopic (exact) mass is 197 g/mol. The predicted octanol–water partition coefficient (Wildman–Crippen LogP) is 2.25. The molecule has 0 aromatic carbocycles. The molecule has 0 aliphatic rings. The molecule has 0 saturated heterocycles. The molecule has 0 aliphatic carbocycles. The molecule has 3 nitrogen and oxygen atoms in total. The van der Waals surface area contributed by atoms with E-state index in [-0.39, 0.29) is 0 Å². The van der Waals surface area contributed by atoms with Crippen molar-refractivity contribution < 1.29 is 0 Å². The van der Waals surface area contributed by atoms with E-state index in [2.05, 4.69) is 15.2 Å². The summed E-state index contributed by atoms with van der Waals surface area (Å²) in [7, 11) is 0. The van der Waals surface area contributed by atoms with E-state index in [0.29, 0.717) is 5.15 Å². The van der Waals surface area contributed by atoms with Gasteiger partial charge < -0.3 is 0 Å². The average molecular weight is 198 g/mol. The van der Waals surface area contributed by atoms with Crippen molar-refractivity contribution in [1.82, 2.24) is 15.2 Å². The molecule has 0 unspecified atom stereocenters. The summed E-state index contributed by atoms with van der Waals surface area (Å²) in [6.07, 6.45) is 0. The zero-order valence-corrected chi connectivity index (χ0v) is 7.51. The van der Waals surface area contributed by atoms with E-state index < -0.39 is 0 Å². The Bertz CT molecular complexity index is 357. The second kappa shape index (κ2) is 3.16. The Kier molecular flexibility index (Phi) is 2.01. The maximum absolute atomic E-state index is 5.58. The number of rotatable bonds is 1. The molecule has 0 atom stereocenters. The van der Waals surface area contributed by atoms with Gasteiger partial charge in [0.15, 0.2) is 5.15 Å². The van der Waals surface area contributed by atoms with Gasteiger partial charge in [-0.3, -0.25) is 0 Å². The molecule has 12 heavy (non-hydrogen) atoms. The van der Waals surface area contributed by atoms with Gasteiger partial charge in [0.1, 0.15) is 11.4 Å². The van der Waals surface area contributed by atoms with E-state index in [0.717, 1.165) is 11.4 Å². The van der Waals surface area contributed by atoms with Gasteiger partial charge in [-0.1, -0.05) is 11.6 Å². The molecule has 0 amide bonds. The molecule has 0 spiro atoms. The van der Waals surface area contributed by atoms with Crippen molar-refractivity contribution in [3.05, 3.63) is 28.2 Å². The lowest BCUT2D eigenvalue weighted by atomic mass is 10.3. The molecule has 2 aromatic rings. The summed E-state index contributed by atoms with van der Waals surface area (Å²) in [5.41, 5.74) is 3.34. The Labute approximate surface area is 78.1 Å². The van der Waals surface area contributed by atoms with Crippen LogP contribution in [-0.2, 0) is 0 Å². The SMILES string of the molecule is Clc1ccc(-c2cscn2)nn1. The maximum atomic E-state index is 5.58. The van der Waals surface area contributed by atoms with Crippen molar-refractivity contribution in [3.63, 3.8) is 0 Å². The van der Waals surface area contributed by atoms with E-state index in [1.807, 2.05) is 5.38 Å². The summed E-state index contributed by atoms with van der Waals surface area (Å²) in [5.74, 6) is 0. The Hall–Kier alpha value is -1.00. The van der Waals surface area contributed by atoms with Crippen LogP contribution in [0, 0.1) is 0 Å². The fourth-order valence-corrected chi connectivity index (χ4v) is 1.44. The quantitative estimate of drug-likeness (QED) is 0.704. The predicted molar refractivity (Wildman–Crippen MR) is 48.2 cm³/mol. The van der Waals surface area contributed by atoms with Crippen LogP contribution in [0.15, 0.2) is 23.0 Å². The number of halogens is 1. The van der Waals surface area contributed by atoms with Gasteiger partial charge in [-0.2, -0.15) is 0 Å². The number of aromatic nitrogens is 3. The lowest BCUT2D eigenvalue weighted by Gasteiger charge is -1.92. The molecular weight excluding hydrogens is 194 g/mol. The molecule has 0 fully saturated rings. The molecule has 2 heterocycles. The van der Waals surface area contributed by atoms with Crippen LogP contribution in [0.3, 0.4) is 0 Å². The first-order valence-corrected chi connectivity index (χ1v) is 4.56. The highest BCUT2D eigenvalue weighted by molar-refractivity contribution is 7.07. The van der Waals surface area contributed by atoms with Crippen LogP contribution in [0.5, 0.6) is 0 Å². The Morgan fingerprint density at radius 3 is 2.67 bits per heavy atom. The molecule has 2 aromatic heterocycles. The van der Waals surface area contributed by atoms with E-state index in [1.165, 1.54) is 11.3 Å². The lowest BCUT2D eigenvalue weighted by molar-refractivity contribution is 1.03. The third-order valence-corrected chi connectivity index (χ3v) is 2.11. The standard InChI is InChI=1S/C7H4ClN3S/c8-7-2-1-5(10-11-7)6-3-12-4-9-6/h1-4H. The van der Waals surface area contributed by atoms with E-state index in [4.69, 9.17) is 11.6 Å². The van der Waals surface area contributed by atoms with E-state index >= 15 is 0 Å². The van der Waals surface area contributed by atoms with Crippen LogP contribution in [-0.4, -0.2) is 15.2 Å². The van der Waals surface area contributed by atoms with Crippen LogP contribution >= 0.6 is 22.9 Å². The fraction of sp³-hybridized carbons (Fsp3) is 0. The summed E-state index contributed by atoms with van der Waals surface area (Å²) < 4.78 is 0. The molecule has 60 valence electrons. The van der Waals surface area contributed by atoms with Crippen molar-refractivity contribution in [1.29, 1.82) is 0 Å². The summed E-state index contributed by atoms with van der Waals surface area (Å²) in [6.45, 7) is 0. The Morgan fingerprint density at radius 1 is 1.17 bits per heavy atom. The maximum Gasteiger partial charge on any atom is 0.151 e. The number of hydrogen-bond donors (Lipinski definition) is 0. The summed E-state index contributed by atoms with van der Waals surface area (Å²) in [6, 6.07) is 3.49. The fourth-order valence-electron chi connectivity index (χ4n) is 0.792. The highest BCUT2D eigenvalue weighted by Gasteiger charge is 2.00. The number of thiazole rings is 1. The molecule has 0 radical (unpaired) electrons. The van der Waals surface area contributed by atoms with Gasteiger partial charge in [0, 0.05) is 5.38 Å². The largest absolute Gasteiger partial charge is 0.243 e. The first-order valence-electron chi connectivity index (χ1n) is 3.24. The molecule has 5 heteroatoms. The van der Waals surface area contributed by atoms with Gasteiger partial charge in [-0.25, -0.2) is 4.98 Å².